The van der Waals surface area contributed by atoms with E-state index in [0.717, 1.165) is 55.4 Å². The topological polar surface area (TPSA) is 68.2 Å². The summed E-state index contributed by atoms with van der Waals surface area (Å²) in [6.45, 7) is 0. The van der Waals surface area contributed by atoms with E-state index in [-0.39, 0.29) is 12.0 Å². The van der Waals surface area contributed by atoms with Gasteiger partial charge in [0.1, 0.15) is 22.5 Å². The first-order chi connectivity index (χ1) is 25.3. The Kier molecular flexibility index (Phi) is 5.98. The van der Waals surface area contributed by atoms with E-state index in [1.807, 2.05) is 60.7 Å². The largest absolute Gasteiger partial charge is 0.456 e. The molecule has 4 heterocycles. The summed E-state index contributed by atoms with van der Waals surface area (Å²) in [4.78, 5) is 17.7. The minimum atomic E-state index is 0.100. The molecule has 11 rings (SSSR count). The number of hydrogen-bond acceptors (Lipinski definition) is 6. The SMILES string of the molecule is C1=CC2C(c3ccccc3N2c2ccccc2)c2c1oc1c(-c3nc(-c4ccccc4)nc(-c4ccc5oc6ccccc6c5c4)n3)cccc21. The summed E-state index contributed by atoms with van der Waals surface area (Å²) in [5, 5.41) is 3.15. The van der Waals surface area contributed by atoms with Crippen LogP contribution in [0.5, 0.6) is 0 Å². The first kappa shape index (κ1) is 28.1. The van der Waals surface area contributed by atoms with Crippen molar-refractivity contribution >= 4 is 50.4 Å². The van der Waals surface area contributed by atoms with E-state index in [1.54, 1.807) is 0 Å². The number of para-hydroxylation sites is 4. The molecule has 0 saturated carbocycles. The molecule has 0 saturated heterocycles. The van der Waals surface area contributed by atoms with Crippen molar-refractivity contribution in [2.24, 2.45) is 0 Å². The van der Waals surface area contributed by atoms with E-state index in [0.29, 0.717) is 17.5 Å². The van der Waals surface area contributed by atoms with Gasteiger partial charge < -0.3 is 13.7 Å². The van der Waals surface area contributed by atoms with Gasteiger partial charge >= 0.3 is 0 Å². The van der Waals surface area contributed by atoms with E-state index >= 15 is 0 Å². The summed E-state index contributed by atoms with van der Waals surface area (Å²) in [7, 11) is 0. The Balaban J connectivity index is 1.10. The Morgan fingerprint density at radius 3 is 2.12 bits per heavy atom. The fraction of sp³-hybridized carbons (Fsp3) is 0.0444. The molecule has 6 nitrogen and oxygen atoms in total. The maximum Gasteiger partial charge on any atom is 0.167 e. The zero-order chi connectivity index (χ0) is 33.5. The van der Waals surface area contributed by atoms with Gasteiger partial charge in [0.15, 0.2) is 17.5 Å². The molecule has 240 valence electrons. The number of nitrogens with zero attached hydrogens (tertiary/aromatic N) is 4. The van der Waals surface area contributed by atoms with Crippen molar-refractivity contribution in [2.45, 2.75) is 12.0 Å². The molecule has 2 unspecified atom stereocenters. The van der Waals surface area contributed by atoms with E-state index in [2.05, 4.69) is 102 Å². The molecule has 2 aliphatic rings. The quantitative estimate of drug-likeness (QED) is 0.188. The normalized spacial score (nSPS) is 16.1. The Hall–Kier alpha value is -6.79. The van der Waals surface area contributed by atoms with Gasteiger partial charge in [-0.3, -0.25) is 0 Å². The Labute approximate surface area is 293 Å². The van der Waals surface area contributed by atoms with E-state index in [1.165, 1.54) is 22.5 Å². The van der Waals surface area contributed by atoms with Crippen LogP contribution in [0.25, 0.3) is 73.1 Å². The molecule has 3 aromatic heterocycles. The molecule has 6 aromatic carbocycles. The molecule has 0 radical (unpaired) electrons. The number of fused-ring (bicyclic) bond motifs is 10. The fourth-order valence-electron chi connectivity index (χ4n) is 8.06. The molecule has 0 fully saturated rings. The third-order valence-corrected chi connectivity index (χ3v) is 10.3. The van der Waals surface area contributed by atoms with Gasteiger partial charge in [0.05, 0.1) is 11.6 Å². The van der Waals surface area contributed by atoms with Gasteiger partial charge in [-0.25, -0.2) is 15.0 Å². The van der Waals surface area contributed by atoms with E-state index < -0.39 is 0 Å². The van der Waals surface area contributed by atoms with Gasteiger partial charge in [-0.15, -0.1) is 0 Å². The third-order valence-electron chi connectivity index (χ3n) is 10.3. The lowest BCUT2D eigenvalue weighted by Crippen LogP contribution is -2.30. The van der Waals surface area contributed by atoms with Crippen LogP contribution >= 0.6 is 0 Å². The number of furan rings is 2. The van der Waals surface area contributed by atoms with Crippen molar-refractivity contribution in [1.29, 1.82) is 0 Å². The monoisotopic (exact) mass is 656 g/mol. The minimum absolute atomic E-state index is 0.100. The molecule has 0 spiro atoms. The predicted octanol–water partition coefficient (Wildman–Crippen LogP) is 11.2. The lowest BCUT2D eigenvalue weighted by molar-refractivity contribution is 0.584. The van der Waals surface area contributed by atoms with Crippen LogP contribution in [0, 0.1) is 0 Å². The lowest BCUT2D eigenvalue weighted by Gasteiger charge is -2.30. The van der Waals surface area contributed by atoms with Crippen molar-refractivity contribution in [3.63, 3.8) is 0 Å². The highest BCUT2D eigenvalue weighted by Crippen LogP contribution is 2.54. The molecule has 2 atom stereocenters. The van der Waals surface area contributed by atoms with Crippen LogP contribution in [0.2, 0.25) is 0 Å². The second-order valence-corrected chi connectivity index (χ2v) is 13.1. The smallest absolute Gasteiger partial charge is 0.167 e. The van der Waals surface area contributed by atoms with Gasteiger partial charge in [-0.05, 0) is 60.2 Å². The van der Waals surface area contributed by atoms with Crippen LogP contribution < -0.4 is 4.90 Å². The summed E-state index contributed by atoms with van der Waals surface area (Å²) >= 11 is 0. The van der Waals surface area contributed by atoms with Gasteiger partial charge in [0.25, 0.3) is 0 Å². The summed E-state index contributed by atoms with van der Waals surface area (Å²) < 4.78 is 12.9. The van der Waals surface area contributed by atoms with Crippen molar-refractivity contribution in [1.82, 2.24) is 15.0 Å². The van der Waals surface area contributed by atoms with E-state index in [4.69, 9.17) is 23.8 Å². The molecule has 9 aromatic rings. The van der Waals surface area contributed by atoms with Crippen LogP contribution in [-0.2, 0) is 0 Å². The summed E-state index contributed by atoms with van der Waals surface area (Å²) in [5.74, 6) is 2.72. The first-order valence-corrected chi connectivity index (χ1v) is 17.2. The maximum atomic E-state index is 6.81. The predicted molar refractivity (Wildman–Crippen MR) is 203 cm³/mol. The molecular weight excluding hydrogens is 629 g/mol. The molecule has 0 amide bonds. The first-order valence-electron chi connectivity index (χ1n) is 17.2. The van der Waals surface area contributed by atoms with Crippen molar-refractivity contribution < 1.29 is 8.83 Å². The van der Waals surface area contributed by atoms with Crippen LogP contribution in [0.15, 0.2) is 161 Å². The van der Waals surface area contributed by atoms with Gasteiger partial charge in [-0.1, -0.05) is 103 Å². The molecule has 51 heavy (non-hydrogen) atoms. The zero-order valence-electron chi connectivity index (χ0n) is 27.3. The molecule has 0 N–H and O–H groups in total. The second kappa shape index (κ2) is 10.9. The highest BCUT2D eigenvalue weighted by molar-refractivity contribution is 6.06. The summed E-state index contributed by atoms with van der Waals surface area (Å²) in [6, 6.07) is 50.1. The number of hydrogen-bond donors (Lipinski definition) is 0. The maximum absolute atomic E-state index is 6.81. The van der Waals surface area contributed by atoms with Crippen molar-refractivity contribution in [3.8, 4) is 34.2 Å². The average Bonchev–Trinajstić information content (AvgIpc) is 3.87. The molecule has 0 bridgehead atoms. The average molecular weight is 657 g/mol. The highest BCUT2D eigenvalue weighted by atomic mass is 16.3. The van der Waals surface area contributed by atoms with Gasteiger partial charge in [0.2, 0.25) is 0 Å². The number of aromatic nitrogens is 3. The van der Waals surface area contributed by atoms with Crippen LogP contribution in [0.3, 0.4) is 0 Å². The summed E-state index contributed by atoms with van der Waals surface area (Å²) in [5.41, 5.74) is 9.96. The summed E-state index contributed by atoms with van der Waals surface area (Å²) in [6.07, 6.45) is 4.42. The van der Waals surface area contributed by atoms with Gasteiger partial charge in [0, 0.05) is 50.1 Å². The second-order valence-electron chi connectivity index (χ2n) is 13.1. The molecular formula is C45H28N4O2. The molecule has 6 heteroatoms. The minimum Gasteiger partial charge on any atom is -0.456 e. The number of anilines is 2. The Bertz CT molecular complexity index is 2840. The standard InChI is InChI=1S/C45H28N4O2/c1-3-12-27(13-4-1)43-46-44(28-22-24-38-34(26-28)30-16-8-10-21-37(30)50-38)48-45(47-43)33-19-11-18-32-41-39(51-42(32)33)25-23-36-40(41)31-17-7-9-20-35(31)49(36)29-14-5-2-6-15-29/h1-26,36,40H. The zero-order valence-corrected chi connectivity index (χ0v) is 27.3. The Morgan fingerprint density at radius 2 is 1.24 bits per heavy atom. The third kappa shape index (κ3) is 4.26. The van der Waals surface area contributed by atoms with Gasteiger partial charge in [-0.2, -0.15) is 0 Å². The van der Waals surface area contributed by atoms with Crippen LogP contribution in [-0.4, -0.2) is 21.0 Å². The van der Waals surface area contributed by atoms with Crippen molar-refractivity contribution in [2.75, 3.05) is 4.90 Å². The van der Waals surface area contributed by atoms with Crippen LogP contribution in [0.4, 0.5) is 11.4 Å². The van der Waals surface area contributed by atoms with Crippen molar-refractivity contribution in [3.05, 3.63) is 169 Å². The molecule has 1 aliphatic carbocycles. The lowest BCUT2D eigenvalue weighted by atomic mass is 9.82. The highest BCUT2D eigenvalue weighted by Gasteiger charge is 2.43. The fourth-order valence-corrected chi connectivity index (χ4v) is 8.06. The van der Waals surface area contributed by atoms with E-state index in [9.17, 15) is 0 Å². The van der Waals surface area contributed by atoms with Crippen LogP contribution in [0.1, 0.15) is 22.8 Å². The molecule has 1 aliphatic heterocycles. The number of benzene rings is 6. The number of rotatable bonds is 4. The Morgan fingerprint density at radius 1 is 0.529 bits per heavy atom.